The Hall–Kier alpha value is -1.20. The third-order valence-corrected chi connectivity index (χ3v) is 5.18. The Morgan fingerprint density at radius 1 is 1.29 bits per heavy atom. The molecule has 0 saturated carbocycles. The van der Waals surface area contributed by atoms with Crippen LogP contribution in [0.2, 0.25) is 0 Å². The smallest absolute Gasteiger partial charge is 0.109 e. The van der Waals surface area contributed by atoms with Gasteiger partial charge < -0.3 is 5.32 Å². The number of aryl methyl sites for hydroxylation is 1. The number of nitrogens with one attached hydrogen (secondary N) is 1. The topological polar surface area (TPSA) is 42.7 Å². The Labute approximate surface area is 131 Å². The van der Waals surface area contributed by atoms with Crippen LogP contribution in [0, 0.1) is 0 Å². The second kappa shape index (κ2) is 7.71. The van der Waals surface area contributed by atoms with Crippen molar-refractivity contribution >= 4 is 11.3 Å². The molecule has 0 aliphatic heterocycles. The minimum Gasteiger partial charge on any atom is -0.302 e. The summed E-state index contributed by atoms with van der Waals surface area (Å²) in [5, 5.41) is 9.35. The molecule has 0 radical (unpaired) electrons. The van der Waals surface area contributed by atoms with Crippen molar-refractivity contribution in [3.05, 3.63) is 34.0 Å². The fraction of sp³-hybridized carbons (Fsp3) is 0.625. The molecule has 0 fully saturated rings. The Bertz CT molecular complexity index is 542. The molecule has 21 heavy (non-hydrogen) atoms. The Morgan fingerprint density at radius 3 is 2.67 bits per heavy atom. The molecule has 4 nitrogen and oxygen atoms in total. The van der Waals surface area contributed by atoms with Crippen LogP contribution in [0.4, 0.5) is 0 Å². The van der Waals surface area contributed by atoms with E-state index in [1.807, 2.05) is 6.20 Å². The molecule has 2 aromatic heterocycles. The molecule has 1 unspecified atom stereocenters. The summed E-state index contributed by atoms with van der Waals surface area (Å²) < 4.78 is 2.10. The summed E-state index contributed by atoms with van der Waals surface area (Å²) in [6.45, 7) is 9.54. The van der Waals surface area contributed by atoms with Crippen molar-refractivity contribution in [1.29, 1.82) is 0 Å². The highest BCUT2D eigenvalue weighted by molar-refractivity contribution is 7.11. The first-order valence-electron chi connectivity index (χ1n) is 7.89. The van der Waals surface area contributed by atoms with E-state index in [0.717, 1.165) is 36.5 Å². The van der Waals surface area contributed by atoms with Gasteiger partial charge in [-0.15, -0.1) is 11.3 Å². The molecule has 2 aromatic rings. The summed E-state index contributed by atoms with van der Waals surface area (Å²) in [6, 6.07) is 2.90. The molecule has 1 N–H and O–H groups in total. The van der Waals surface area contributed by atoms with Crippen molar-refractivity contribution in [3.63, 3.8) is 0 Å². The minimum absolute atomic E-state index is 0.272. The standard InChI is InChI=1S/C16H26N4S/c1-5-14(6-2)20-9-8-13(19-20)10-17-12(4)16-18-11-15(7-3)21-16/h8-9,11-12,14,17H,5-7,10H2,1-4H3. The van der Waals surface area contributed by atoms with Crippen LogP contribution in [-0.4, -0.2) is 14.8 Å². The quantitative estimate of drug-likeness (QED) is 0.798. The maximum atomic E-state index is 4.68. The zero-order valence-electron chi connectivity index (χ0n) is 13.5. The van der Waals surface area contributed by atoms with Gasteiger partial charge in [-0.05, 0) is 32.3 Å². The Kier molecular flexibility index (Phi) is 5.94. The second-order valence-corrected chi connectivity index (χ2v) is 6.53. The average molecular weight is 306 g/mol. The zero-order chi connectivity index (χ0) is 15.2. The van der Waals surface area contributed by atoms with Gasteiger partial charge in [-0.3, -0.25) is 4.68 Å². The molecule has 0 aliphatic rings. The van der Waals surface area contributed by atoms with E-state index in [2.05, 4.69) is 60.0 Å². The van der Waals surface area contributed by atoms with Crippen LogP contribution in [0.1, 0.15) is 68.2 Å². The number of thiazole rings is 1. The van der Waals surface area contributed by atoms with E-state index in [1.165, 1.54) is 4.88 Å². The summed E-state index contributed by atoms with van der Waals surface area (Å²) >= 11 is 1.79. The van der Waals surface area contributed by atoms with E-state index < -0.39 is 0 Å². The molecule has 0 aliphatic carbocycles. The van der Waals surface area contributed by atoms with Gasteiger partial charge in [0, 0.05) is 23.8 Å². The average Bonchev–Trinajstić information content (AvgIpc) is 3.15. The van der Waals surface area contributed by atoms with Gasteiger partial charge in [0.1, 0.15) is 5.01 Å². The monoisotopic (exact) mass is 306 g/mol. The molecule has 0 saturated heterocycles. The highest BCUT2D eigenvalue weighted by atomic mass is 32.1. The van der Waals surface area contributed by atoms with Crippen molar-refractivity contribution in [2.75, 3.05) is 0 Å². The number of hydrogen-bond acceptors (Lipinski definition) is 4. The third-order valence-electron chi connectivity index (χ3n) is 3.86. The molecule has 0 aromatic carbocycles. The van der Waals surface area contributed by atoms with Crippen molar-refractivity contribution in [3.8, 4) is 0 Å². The Morgan fingerprint density at radius 2 is 2.05 bits per heavy atom. The first-order valence-corrected chi connectivity index (χ1v) is 8.71. The van der Waals surface area contributed by atoms with Gasteiger partial charge in [-0.2, -0.15) is 5.10 Å². The zero-order valence-corrected chi connectivity index (χ0v) is 14.3. The highest BCUT2D eigenvalue weighted by Crippen LogP contribution is 2.20. The summed E-state index contributed by atoms with van der Waals surface area (Å²) in [5.41, 5.74) is 1.10. The van der Waals surface area contributed by atoms with Crippen LogP contribution in [0.5, 0.6) is 0 Å². The molecular weight excluding hydrogens is 280 g/mol. The van der Waals surface area contributed by atoms with Crippen molar-refractivity contribution in [2.24, 2.45) is 0 Å². The van der Waals surface area contributed by atoms with Gasteiger partial charge in [0.05, 0.1) is 17.8 Å². The van der Waals surface area contributed by atoms with Gasteiger partial charge in [-0.25, -0.2) is 4.98 Å². The number of rotatable bonds is 8. The fourth-order valence-corrected chi connectivity index (χ4v) is 3.25. The summed E-state index contributed by atoms with van der Waals surface area (Å²) in [4.78, 5) is 5.83. The van der Waals surface area contributed by atoms with Gasteiger partial charge in [0.2, 0.25) is 0 Å². The van der Waals surface area contributed by atoms with Crippen LogP contribution in [0.25, 0.3) is 0 Å². The normalized spacial score (nSPS) is 13.0. The van der Waals surface area contributed by atoms with E-state index >= 15 is 0 Å². The Balaban J connectivity index is 1.90. The SMILES string of the molecule is CCc1cnc(C(C)NCc2ccn(C(CC)CC)n2)s1. The van der Waals surface area contributed by atoms with Crippen LogP contribution in [0.15, 0.2) is 18.5 Å². The molecule has 2 heterocycles. The summed E-state index contributed by atoms with van der Waals surface area (Å²) in [5.74, 6) is 0. The van der Waals surface area contributed by atoms with Gasteiger partial charge in [0.25, 0.3) is 0 Å². The van der Waals surface area contributed by atoms with Gasteiger partial charge in [-0.1, -0.05) is 20.8 Å². The molecular formula is C16H26N4S. The van der Waals surface area contributed by atoms with E-state index in [9.17, 15) is 0 Å². The van der Waals surface area contributed by atoms with E-state index in [0.29, 0.717) is 6.04 Å². The van der Waals surface area contributed by atoms with Crippen LogP contribution >= 0.6 is 11.3 Å². The summed E-state index contributed by atoms with van der Waals surface area (Å²) in [6.07, 6.45) is 7.39. The summed E-state index contributed by atoms with van der Waals surface area (Å²) in [7, 11) is 0. The lowest BCUT2D eigenvalue weighted by Crippen LogP contribution is -2.18. The lowest BCUT2D eigenvalue weighted by molar-refractivity contribution is 0.423. The van der Waals surface area contributed by atoms with Crippen molar-refractivity contribution in [1.82, 2.24) is 20.1 Å². The number of aromatic nitrogens is 3. The molecule has 5 heteroatoms. The lowest BCUT2D eigenvalue weighted by atomic mass is 10.2. The van der Waals surface area contributed by atoms with Gasteiger partial charge >= 0.3 is 0 Å². The molecule has 2 rings (SSSR count). The van der Waals surface area contributed by atoms with Crippen LogP contribution in [0.3, 0.4) is 0 Å². The van der Waals surface area contributed by atoms with Crippen LogP contribution in [-0.2, 0) is 13.0 Å². The van der Waals surface area contributed by atoms with E-state index in [1.54, 1.807) is 11.3 Å². The van der Waals surface area contributed by atoms with Crippen molar-refractivity contribution < 1.29 is 0 Å². The van der Waals surface area contributed by atoms with Gasteiger partial charge in [0.15, 0.2) is 0 Å². The predicted octanol–water partition coefficient (Wildman–Crippen LogP) is 4.11. The fourth-order valence-electron chi connectivity index (χ4n) is 2.37. The molecule has 116 valence electrons. The first-order chi connectivity index (χ1) is 10.2. The second-order valence-electron chi connectivity index (χ2n) is 5.38. The van der Waals surface area contributed by atoms with Crippen LogP contribution < -0.4 is 5.32 Å². The van der Waals surface area contributed by atoms with E-state index in [-0.39, 0.29) is 6.04 Å². The largest absolute Gasteiger partial charge is 0.302 e. The molecule has 1 atom stereocenters. The predicted molar refractivity (Wildman–Crippen MR) is 88.6 cm³/mol. The number of nitrogens with zero attached hydrogens (tertiary/aromatic N) is 3. The molecule has 0 bridgehead atoms. The maximum absolute atomic E-state index is 4.68. The molecule has 0 spiro atoms. The lowest BCUT2D eigenvalue weighted by Gasteiger charge is -2.13. The minimum atomic E-state index is 0.272. The third kappa shape index (κ3) is 4.14. The van der Waals surface area contributed by atoms with E-state index in [4.69, 9.17) is 0 Å². The molecule has 0 amide bonds. The number of hydrogen-bond donors (Lipinski definition) is 1. The van der Waals surface area contributed by atoms with Crippen molar-refractivity contribution in [2.45, 2.75) is 65.6 Å². The highest BCUT2D eigenvalue weighted by Gasteiger charge is 2.11. The maximum Gasteiger partial charge on any atom is 0.109 e. The first kappa shape index (κ1) is 16.2.